The summed E-state index contributed by atoms with van der Waals surface area (Å²) in [5.74, 6) is 13.4. The maximum Gasteiger partial charge on any atom is 0.193 e. The predicted molar refractivity (Wildman–Crippen MR) is 152 cm³/mol. The molecule has 0 aromatic carbocycles. The minimum atomic E-state index is -0.119. The second kappa shape index (κ2) is 14.1. The van der Waals surface area contributed by atoms with Crippen LogP contribution < -0.4 is 0 Å². The van der Waals surface area contributed by atoms with E-state index in [9.17, 15) is 4.79 Å². The van der Waals surface area contributed by atoms with Gasteiger partial charge in [-0.2, -0.15) is 0 Å². The topological polar surface area (TPSA) is 64.4 Å². The number of alkyl halides is 2. The summed E-state index contributed by atoms with van der Waals surface area (Å²) in [4.78, 5) is 25.0. The predicted octanol–water partition coefficient (Wildman–Crippen LogP) is 7.09. The number of carbonyl (C=O) groups is 1. The molecule has 0 unspecified atom stereocenters. The lowest BCUT2D eigenvalue weighted by atomic mass is 10.2. The molecular weight excluding hydrogens is 629 g/mol. The van der Waals surface area contributed by atoms with Crippen LogP contribution in [0.3, 0.4) is 0 Å². The van der Waals surface area contributed by atoms with Crippen LogP contribution in [-0.2, 0) is 4.84 Å². The molecule has 36 heavy (non-hydrogen) atoms. The molecule has 188 valence electrons. The van der Waals surface area contributed by atoms with E-state index in [-0.39, 0.29) is 17.2 Å². The number of pyridine rings is 2. The quantitative estimate of drug-likeness (QED) is 0.110. The van der Waals surface area contributed by atoms with Crippen molar-refractivity contribution in [1.82, 2.24) is 9.97 Å². The molecule has 2 aromatic heterocycles. The summed E-state index contributed by atoms with van der Waals surface area (Å²) in [7, 11) is 0. The molecule has 4 rings (SSSR count). The summed E-state index contributed by atoms with van der Waals surface area (Å²) in [6.07, 6.45) is 8.13. The van der Waals surface area contributed by atoms with Crippen LogP contribution in [0, 0.1) is 35.5 Å². The van der Waals surface area contributed by atoms with E-state index in [0.29, 0.717) is 44.3 Å². The van der Waals surface area contributed by atoms with Gasteiger partial charge in [-0.05, 0) is 51.7 Å². The summed E-state index contributed by atoms with van der Waals surface area (Å²) in [5, 5.41) is 5.74. The fraction of sp³-hybridized carbons (Fsp3) is 0.407. The van der Waals surface area contributed by atoms with E-state index >= 15 is 0 Å². The van der Waals surface area contributed by atoms with Crippen molar-refractivity contribution in [2.45, 2.75) is 45.6 Å². The monoisotopic (exact) mass is 651 g/mol. The standard InChI is InChI=1S/C15H16BrClN2O.C12H9BrClNO/c1-10(2)20-19-14(8-16)15-13(17)7-12(9-18-15)6-5-11-3-4-11;13-6-11(16)12-10(14)5-9(7-15-12)4-3-8-1-2-8/h7,9-11H,3-4,8H2,1-2H3;5,7-8H,1-2,6H2. The van der Waals surface area contributed by atoms with Crippen molar-refractivity contribution in [3.63, 3.8) is 0 Å². The second-order valence-corrected chi connectivity index (χ2v) is 10.5. The Hall–Kier alpha value is -1.90. The first-order valence-corrected chi connectivity index (χ1v) is 14.5. The van der Waals surface area contributed by atoms with Gasteiger partial charge in [0.1, 0.15) is 23.2 Å². The molecule has 0 saturated heterocycles. The number of hydrogen-bond acceptors (Lipinski definition) is 5. The summed E-state index contributed by atoms with van der Waals surface area (Å²) >= 11 is 18.7. The Morgan fingerprint density at radius 1 is 0.972 bits per heavy atom. The number of ketones is 1. The Bertz CT molecular complexity index is 1250. The molecular formula is C27H25Br2Cl2N3O2. The minimum absolute atomic E-state index is 0.0199. The zero-order valence-corrected chi connectivity index (χ0v) is 24.6. The van der Waals surface area contributed by atoms with Gasteiger partial charge in [-0.1, -0.05) is 83.9 Å². The van der Waals surface area contributed by atoms with Gasteiger partial charge in [-0.3, -0.25) is 14.8 Å². The number of oxime groups is 1. The Morgan fingerprint density at radius 2 is 1.47 bits per heavy atom. The van der Waals surface area contributed by atoms with Gasteiger partial charge >= 0.3 is 0 Å². The van der Waals surface area contributed by atoms with Gasteiger partial charge < -0.3 is 4.84 Å². The highest BCUT2D eigenvalue weighted by Gasteiger charge is 2.18. The van der Waals surface area contributed by atoms with Crippen LogP contribution in [0.15, 0.2) is 29.7 Å². The van der Waals surface area contributed by atoms with Crippen LogP contribution in [0.25, 0.3) is 0 Å². The Labute approximate surface area is 239 Å². The largest absolute Gasteiger partial charge is 0.393 e. The van der Waals surface area contributed by atoms with Crippen LogP contribution in [0.2, 0.25) is 10.0 Å². The molecule has 0 bridgehead atoms. The third-order valence-electron chi connectivity index (χ3n) is 4.84. The zero-order valence-electron chi connectivity index (χ0n) is 20.0. The summed E-state index contributed by atoms with van der Waals surface area (Å²) in [5.41, 5.74) is 3.20. The van der Waals surface area contributed by atoms with Gasteiger partial charge in [0.15, 0.2) is 5.78 Å². The third kappa shape index (κ3) is 9.52. The number of Topliss-reactive ketones (excluding diaryl/α,β-unsaturated/α-hetero) is 1. The van der Waals surface area contributed by atoms with Gasteiger partial charge in [0.2, 0.25) is 0 Å². The average Bonchev–Trinajstić information content (AvgIpc) is 3.78. The first-order valence-electron chi connectivity index (χ1n) is 11.5. The molecule has 2 heterocycles. The molecule has 0 amide bonds. The molecule has 2 fully saturated rings. The molecule has 2 saturated carbocycles. The number of aromatic nitrogens is 2. The molecule has 2 aromatic rings. The number of carbonyl (C=O) groups excluding carboxylic acids is 1. The molecule has 2 aliphatic carbocycles. The van der Waals surface area contributed by atoms with Gasteiger partial charge in [-0.15, -0.1) is 0 Å². The fourth-order valence-electron chi connectivity index (χ4n) is 2.62. The molecule has 5 nitrogen and oxygen atoms in total. The number of halogens is 4. The van der Waals surface area contributed by atoms with Crippen LogP contribution >= 0.6 is 55.1 Å². The van der Waals surface area contributed by atoms with Gasteiger partial charge in [0.05, 0.1) is 20.7 Å². The number of nitrogens with zero attached hydrogens (tertiary/aromatic N) is 3. The highest BCUT2D eigenvalue weighted by Crippen LogP contribution is 2.28. The van der Waals surface area contributed by atoms with Crippen LogP contribution in [-0.4, -0.2) is 38.2 Å². The smallest absolute Gasteiger partial charge is 0.193 e. The van der Waals surface area contributed by atoms with E-state index in [2.05, 4.69) is 70.7 Å². The van der Waals surface area contributed by atoms with Gasteiger partial charge in [0.25, 0.3) is 0 Å². The number of hydrogen-bond donors (Lipinski definition) is 0. The maximum absolute atomic E-state index is 11.4. The molecule has 0 N–H and O–H groups in total. The molecule has 0 atom stereocenters. The van der Waals surface area contributed by atoms with Crippen molar-refractivity contribution in [3.8, 4) is 23.7 Å². The Kier molecular flexibility index (Phi) is 11.3. The van der Waals surface area contributed by atoms with Crippen molar-refractivity contribution in [2.75, 3.05) is 10.7 Å². The SMILES string of the molecule is CC(C)ON=C(CBr)c1ncc(C#CC2CC2)cc1Cl.O=C(CBr)c1ncc(C#CC2CC2)cc1Cl. The van der Waals surface area contributed by atoms with E-state index in [0.717, 1.165) is 11.1 Å². The molecule has 0 spiro atoms. The van der Waals surface area contributed by atoms with E-state index in [1.165, 1.54) is 25.7 Å². The van der Waals surface area contributed by atoms with Crippen molar-refractivity contribution in [1.29, 1.82) is 0 Å². The second-order valence-electron chi connectivity index (χ2n) is 8.58. The zero-order chi connectivity index (χ0) is 26.1. The molecule has 0 aliphatic heterocycles. The minimum Gasteiger partial charge on any atom is -0.393 e. The number of rotatable bonds is 6. The normalized spacial score (nSPS) is 14.6. The summed E-state index contributed by atoms with van der Waals surface area (Å²) < 4.78 is 0. The van der Waals surface area contributed by atoms with Crippen molar-refractivity contribution < 1.29 is 9.63 Å². The molecule has 2 aliphatic rings. The lowest BCUT2D eigenvalue weighted by Crippen LogP contribution is -2.09. The van der Waals surface area contributed by atoms with E-state index in [4.69, 9.17) is 28.0 Å². The lowest BCUT2D eigenvalue weighted by Gasteiger charge is -2.07. The van der Waals surface area contributed by atoms with Crippen LogP contribution in [0.4, 0.5) is 0 Å². The fourth-order valence-corrected chi connectivity index (χ4v) is 3.80. The van der Waals surface area contributed by atoms with Crippen LogP contribution in [0.1, 0.15) is 66.8 Å². The molecule has 9 heteroatoms. The van der Waals surface area contributed by atoms with Crippen molar-refractivity contribution in [2.24, 2.45) is 17.0 Å². The van der Waals surface area contributed by atoms with Crippen molar-refractivity contribution in [3.05, 3.63) is 57.1 Å². The van der Waals surface area contributed by atoms with E-state index in [1.54, 1.807) is 18.5 Å². The van der Waals surface area contributed by atoms with E-state index < -0.39 is 0 Å². The Balaban J connectivity index is 0.000000205. The third-order valence-corrected chi connectivity index (χ3v) is 6.45. The molecule has 0 radical (unpaired) electrons. The average molecular weight is 654 g/mol. The summed E-state index contributed by atoms with van der Waals surface area (Å²) in [6, 6.07) is 3.52. The van der Waals surface area contributed by atoms with Gasteiger partial charge in [-0.25, -0.2) is 0 Å². The first-order chi connectivity index (χ1) is 17.3. The first kappa shape index (κ1) is 28.7. The van der Waals surface area contributed by atoms with Crippen molar-refractivity contribution >= 4 is 66.6 Å². The van der Waals surface area contributed by atoms with Gasteiger partial charge in [0, 0.05) is 35.4 Å². The highest BCUT2D eigenvalue weighted by atomic mass is 79.9. The highest BCUT2D eigenvalue weighted by molar-refractivity contribution is 9.09. The van der Waals surface area contributed by atoms with Crippen LogP contribution in [0.5, 0.6) is 0 Å². The Morgan fingerprint density at radius 3 is 1.86 bits per heavy atom. The summed E-state index contributed by atoms with van der Waals surface area (Å²) in [6.45, 7) is 3.84. The lowest BCUT2D eigenvalue weighted by molar-refractivity contribution is 0.0860. The van der Waals surface area contributed by atoms with E-state index in [1.807, 2.05) is 19.9 Å². The maximum atomic E-state index is 11.4.